The van der Waals surface area contributed by atoms with Gasteiger partial charge < -0.3 is 9.32 Å². The van der Waals surface area contributed by atoms with Crippen LogP contribution in [0.2, 0.25) is 0 Å². The van der Waals surface area contributed by atoms with Gasteiger partial charge in [-0.25, -0.2) is 0 Å². The summed E-state index contributed by atoms with van der Waals surface area (Å²) >= 11 is 0. The van der Waals surface area contributed by atoms with Gasteiger partial charge in [0.25, 0.3) is 0 Å². The van der Waals surface area contributed by atoms with Crippen molar-refractivity contribution in [3.63, 3.8) is 0 Å². The van der Waals surface area contributed by atoms with Crippen LogP contribution in [0.1, 0.15) is 44.5 Å². The molecule has 16 rings (SSSR count). The quantitative estimate of drug-likeness (QED) is 0.158. The standard InChI is InChI=1S/C74H47NO/c1-3-18-48(19-4-1)50-34-38-52(39-35-50)73(53-40-36-51(37-41-53)49-20-5-2-6-21-49)63-27-12-7-24-58(63)59-44-42-54(46-68(59)73)75(55-43-45-61-60-25-11-16-33-70(60)76-71(61)47-55)69-32-17-31-67-72(69)62-26-10-15-30-66(62)74(67)64-28-13-8-22-56(64)57-23-9-14-29-65(57)74/h1-47H. The molecule has 2 nitrogen and oxygen atoms in total. The lowest BCUT2D eigenvalue weighted by molar-refractivity contribution is 0.669. The second-order valence-electron chi connectivity index (χ2n) is 20.6. The minimum atomic E-state index is -0.673. The van der Waals surface area contributed by atoms with Crippen molar-refractivity contribution in [2.75, 3.05) is 4.90 Å². The summed E-state index contributed by atoms with van der Waals surface area (Å²) in [6.45, 7) is 0. The van der Waals surface area contributed by atoms with E-state index in [0.29, 0.717) is 0 Å². The molecule has 12 aromatic carbocycles. The third-order valence-corrected chi connectivity index (χ3v) is 17.0. The summed E-state index contributed by atoms with van der Waals surface area (Å²) in [5.74, 6) is 0. The Morgan fingerprint density at radius 3 is 1.30 bits per heavy atom. The third kappa shape index (κ3) is 5.87. The number of fused-ring (bicyclic) bond motifs is 16. The molecule has 1 heterocycles. The molecule has 0 saturated carbocycles. The highest BCUT2D eigenvalue weighted by Gasteiger charge is 2.53. The van der Waals surface area contributed by atoms with E-state index in [9.17, 15) is 0 Å². The lowest BCUT2D eigenvalue weighted by Crippen LogP contribution is -2.29. The monoisotopic (exact) mass is 965 g/mol. The van der Waals surface area contributed by atoms with Crippen LogP contribution in [0.25, 0.3) is 77.6 Å². The average molecular weight is 966 g/mol. The smallest absolute Gasteiger partial charge is 0.137 e. The van der Waals surface area contributed by atoms with Crippen molar-refractivity contribution in [3.05, 3.63) is 330 Å². The molecule has 1 spiro atoms. The Bertz CT molecular complexity index is 4320. The predicted molar refractivity (Wildman–Crippen MR) is 313 cm³/mol. The summed E-state index contributed by atoms with van der Waals surface area (Å²) in [5.41, 5.74) is 26.3. The van der Waals surface area contributed by atoms with E-state index in [1.807, 2.05) is 0 Å². The summed E-state index contributed by atoms with van der Waals surface area (Å²) in [6.07, 6.45) is 0. The van der Waals surface area contributed by atoms with Gasteiger partial charge in [-0.1, -0.05) is 243 Å². The number of para-hydroxylation sites is 1. The summed E-state index contributed by atoms with van der Waals surface area (Å²) < 4.78 is 6.74. The Balaban J connectivity index is 0.976. The van der Waals surface area contributed by atoms with Crippen molar-refractivity contribution in [2.45, 2.75) is 10.8 Å². The van der Waals surface area contributed by atoms with Crippen LogP contribution in [-0.4, -0.2) is 0 Å². The molecule has 0 atom stereocenters. The van der Waals surface area contributed by atoms with Gasteiger partial charge in [0.2, 0.25) is 0 Å². The number of benzene rings is 12. The van der Waals surface area contributed by atoms with Gasteiger partial charge in [0.15, 0.2) is 0 Å². The van der Waals surface area contributed by atoms with Crippen molar-refractivity contribution in [3.8, 4) is 55.6 Å². The highest BCUT2D eigenvalue weighted by molar-refractivity contribution is 6.07. The minimum absolute atomic E-state index is 0.504. The molecule has 1 aromatic heterocycles. The van der Waals surface area contributed by atoms with Crippen molar-refractivity contribution in [2.24, 2.45) is 0 Å². The molecule has 13 aromatic rings. The molecule has 0 saturated heterocycles. The van der Waals surface area contributed by atoms with E-state index < -0.39 is 10.8 Å². The zero-order valence-electron chi connectivity index (χ0n) is 41.5. The number of nitrogens with zero attached hydrogens (tertiary/aromatic N) is 1. The molecule has 0 unspecified atom stereocenters. The van der Waals surface area contributed by atoms with Crippen LogP contribution in [0.3, 0.4) is 0 Å². The Morgan fingerprint density at radius 2 is 0.697 bits per heavy atom. The van der Waals surface area contributed by atoms with Crippen molar-refractivity contribution < 1.29 is 4.42 Å². The molecule has 3 aliphatic carbocycles. The van der Waals surface area contributed by atoms with Gasteiger partial charge >= 0.3 is 0 Å². The number of rotatable bonds is 7. The summed E-state index contributed by atoms with van der Waals surface area (Å²) in [6, 6.07) is 106. The molecule has 0 aliphatic heterocycles. The first-order valence-electron chi connectivity index (χ1n) is 26.4. The van der Waals surface area contributed by atoms with Gasteiger partial charge in [-0.15, -0.1) is 0 Å². The largest absolute Gasteiger partial charge is 0.456 e. The first-order chi connectivity index (χ1) is 37.7. The summed E-state index contributed by atoms with van der Waals surface area (Å²) in [5, 5.41) is 2.21. The van der Waals surface area contributed by atoms with E-state index in [1.165, 1.54) is 100 Å². The Hall–Kier alpha value is -9.76. The zero-order chi connectivity index (χ0) is 50.0. The van der Waals surface area contributed by atoms with Gasteiger partial charge in [-0.2, -0.15) is 0 Å². The van der Waals surface area contributed by atoms with Crippen LogP contribution in [-0.2, 0) is 10.8 Å². The third-order valence-electron chi connectivity index (χ3n) is 17.0. The number of hydrogen-bond donors (Lipinski definition) is 0. The highest BCUT2D eigenvalue weighted by atomic mass is 16.3. The van der Waals surface area contributed by atoms with Crippen molar-refractivity contribution in [1.82, 2.24) is 0 Å². The zero-order valence-corrected chi connectivity index (χ0v) is 41.5. The summed E-state index contributed by atoms with van der Waals surface area (Å²) in [4.78, 5) is 2.51. The second kappa shape index (κ2) is 16.4. The molecule has 0 bridgehead atoms. The molecular formula is C74H47NO. The number of furan rings is 1. The molecule has 3 aliphatic rings. The minimum Gasteiger partial charge on any atom is -0.456 e. The number of hydrogen-bond acceptors (Lipinski definition) is 2. The Kier molecular flexibility index (Phi) is 9.20. The normalized spacial score (nSPS) is 13.7. The molecule has 0 N–H and O–H groups in total. The maximum Gasteiger partial charge on any atom is 0.137 e. The van der Waals surface area contributed by atoms with Crippen LogP contribution in [0.15, 0.2) is 290 Å². The van der Waals surface area contributed by atoms with Gasteiger partial charge in [0, 0.05) is 33.8 Å². The van der Waals surface area contributed by atoms with Crippen LogP contribution in [0.4, 0.5) is 17.1 Å². The van der Waals surface area contributed by atoms with Crippen molar-refractivity contribution >= 4 is 39.0 Å². The lowest BCUT2D eigenvalue weighted by Gasteiger charge is -2.35. The van der Waals surface area contributed by atoms with Gasteiger partial charge in [0.1, 0.15) is 11.2 Å². The highest BCUT2D eigenvalue weighted by Crippen LogP contribution is 2.65. The second-order valence-corrected chi connectivity index (χ2v) is 20.6. The molecule has 354 valence electrons. The number of anilines is 3. The topological polar surface area (TPSA) is 16.4 Å². The van der Waals surface area contributed by atoms with Crippen molar-refractivity contribution in [1.29, 1.82) is 0 Å². The molecule has 76 heavy (non-hydrogen) atoms. The van der Waals surface area contributed by atoms with E-state index >= 15 is 0 Å². The van der Waals surface area contributed by atoms with E-state index in [-0.39, 0.29) is 0 Å². The predicted octanol–water partition coefficient (Wildman–Crippen LogP) is 19.1. The van der Waals surface area contributed by atoms with E-state index in [2.05, 4.69) is 290 Å². The fourth-order valence-corrected chi connectivity index (χ4v) is 13.9. The Labute approximate surface area is 442 Å². The van der Waals surface area contributed by atoms with E-state index in [1.54, 1.807) is 0 Å². The molecular weight excluding hydrogens is 919 g/mol. The molecule has 0 amide bonds. The summed E-state index contributed by atoms with van der Waals surface area (Å²) in [7, 11) is 0. The molecule has 2 heteroatoms. The van der Waals surface area contributed by atoms with E-state index in [0.717, 1.165) is 39.0 Å². The lowest BCUT2D eigenvalue weighted by atomic mass is 9.67. The molecule has 0 radical (unpaired) electrons. The maximum atomic E-state index is 6.74. The van der Waals surface area contributed by atoms with Crippen LogP contribution < -0.4 is 4.90 Å². The fourth-order valence-electron chi connectivity index (χ4n) is 13.9. The average Bonchev–Trinajstić information content (AvgIpc) is 4.40. The van der Waals surface area contributed by atoms with Crippen LogP contribution >= 0.6 is 0 Å². The van der Waals surface area contributed by atoms with Crippen LogP contribution in [0.5, 0.6) is 0 Å². The SMILES string of the molecule is c1ccc(-c2ccc(C3(c4ccc(-c5ccccc5)cc4)c4ccccc4-c4ccc(N(c5ccc6c(c5)oc5ccccc56)c5cccc6c5-c5ccccc5C65c6ccccc6-c6ccccc65)cc43)cc2)cc1. The fraction of sp³-hybridized carbons (Fsp3) is 0.0270. The van der Waals surface area contributed by atoms with Gasteiger partial charge in [-0.3, -0.25) is 0 Å². The van der Waals surface area contributed by atoms with E-state index in [4.69, 9.17) is 4.42 Å². The first-order valence-corrected chi connectivity index (χ1v) is 26.4. The Morgan fingerprint density at radius 1 is 0.263 bits per heavy atom. The van der Waals surface area contributed by atoms with Crippen LogP contribution in [0, 0.1) is 0 Å². The first kappa shape index (κ1) is 42.7. The van der Waals surface area contributed by atoms with Gasteiger partial charge in [0.05, 0.1) is 16.5 Å². The molecule has 0 fully saturated rings. The van der Waals surface area contributed by atoms with Gasteiger partial charge in [-0.05, 0) is 131 Å². The maximum absolute atomic E-state index is 6.74.